The number of hydrogen-bond donors (Lipinski definition) is 0. The van der Waals surface area contributed by atoms with Crippen molar-refractivity contribution in [3.63, 3.8) is 0 Å². The Balaban J connectivity index is 3.07. The van der Waals surface area contributed by atoms with Crippen molar-refractivity contribution in [1.29, 1.82) is 0 Å². The zero-order chi connectivity index (χ0) is 15.0. The molecular formula is C19H25N. The Morgan fingerprint density at radius 2 is 2.10 bits per heavy atom. The number of nitrogens with zero attached hydrogens (tertiary/aromatic N) is 1. The van der Waals surface area contributed by atoms with Crippen molar-refractivity contribution in [2.24, 2.45) is 10.9 Å². The van der Waals surface area contributed by atoms with Crippen LogP contribution in [0.5, 0.6) is 0 Å². The molecule has 0 aliphatic rings. The number of allylic oxidation sites excluding steroid dienone is 4. The lowest BCUT2D eigenvalue weighted by molar-refractivity contribution is 0.832. The Labute approximate surface area is 123 Å². The Morgan fingerprint density at radius 3 is 2.70 bits per heavy atom. The van der Waals surface area contributed by atoms with Crippen LogP contribution in [-0.4, -0.2) is 5.71 Å². The van der Waals surface area contributed by atoms with E-state index in [2.05, 4.69) is 74.8 Å². The minimum atomic E-state index is 0.563. The van der Waals surface area contributed by atoms with Gasteiger partial charge in [0, 0.05) is 18.3 Å². The summed E-state index contributed by atoms with van der Waals surface area (Å²) in [7, 11) is 0. The van der Waals surface area contributed by atoms with Gasteiger partial charge in [0.2, 0.25) is 0 Å². The molecule has 0 aromatic heterocycles. The number of hydrogen-bond acceptors (Lipinski definition) is 1. The van der Waals surface area contributed by atoms with Crippen LogP contribution in [0.4, 0.5) is 0 Å². The lowest BCUT2D eigenvalue weighted by Crippen LogP contribution is -1.95. The van der Waals surface area contributed by atoms with Crippen molar-refractivity contribution >= 4 is 11.3 Å². The third-order valence-electron chi connectivity index (χ3n) is 2.94. The zero-order valence-corrected chi connectivity index (χ0v) is 13.1. The second-order valence-electron chi connectivity index (χ2n) is 5.41. The lowest BCUT2D eigenvalue weighted by atomic mass is 9.98. The van der Waals surface area contributed by atoms with Gasteiger partial charge in [-0.25, -0.2) is 0 Å². The third-order valence-corrected chi connectivity index (χ3v) is 2.94. The van der Waals surface area contributed by atoms with Gasteiger partial charge in [-0.1, -0.05) is 68.5 Å². The van der Waals surface area contributed by atoms with Crippen molar-refractivity contribution < 1.29 is 0 Å². The van der Waals surface area contributed by atoms with E-state index in [1.165, 1.54) is 16.7 Å². The van der Waals surface area contributed by atoms with Crippen LogP contribution in [0.15, 0.2) is 60.3 Å². The van der Waals surface area contributed by atoms with Crippen LogP contribution in [0, 0.1) is 12.8 Å². The Morgan fingerprint density at radius 1 is 1.35 bits per heavy atom. The van der Waals surface area contributed by atoms with Gasteiger partial charge in [0.15, 0.2) is 0 Å². The molecule has 1 nitrogen and oxygen atoms in total. The maximum atomic E-state index is 4.27. The molecule has 0 amide bonds. The maximum Gasteiger partial charge on any atom is 0.0195 e. The summed E-state index contributed by atoms with van der Waals surface area (Å²) >= 11 is 0. The predicted molar refractivity (Wildman–Crippen MR) is 91.1 cm³/mol. The third kappa shape index (κ3) is 5.83. The van der Waals surface area contributed by atoms with Gasteiger partial charge < -0.3 is 0 Å². The summed E-state index contributed by atoms with van der Waals surface area (Å²) in [6.45, 7) is 12.2. The van der Waals surface area contributed by atoms with Crippen molar-refractivity contribution in [1.82, 2.24) is 0 Å². The molecule has 0 saturated carbocycles. The van der Waals surface area contributed by atoms with E-state index < -0.39 is 0 Å². The van der Waals surface area contributed by atoms with Crippen LogP contribution in [-0.2, 0) is 0 Å². The van der Waals surface area contributed by atoms with Gasteiger partial charge in [-0.15, -0.1) is 0 Å². The molecule has 0 N–H and O–H groups in total. The molecule has 0 unspecified atom stereocenters. The monoisotopic (exact) mass is 267 g/mol. The van der Waals surface area contributed by atoms with Crippen LogP contribution in [0.2, 0.25) is 0 Å². The highest BCUT2D eigenvalue weighted by Gasteiger charge is 2.03. The summed E-state index contributed by atoms with van der Waals surface area (Å²) in [5.41, 5.74) is 4.90. The smallest absolute Gasteiger partial charge is 0.0195 e. The molecule has 106 valence electrons. The minimum absolute atomic E-state index is 0.563. The van der Waals surface area contributed by atoms with E-state index in [0.29, 0.717) is 5.92 Å². The van der Waals surface area contributed by atoms with Gasteiger partial charge in [-0.05, 0) is 30.9 Å². The predicted octanol–water partition coefficient (Wildman–Crippen LogP) is 5.59. The zero-order valence-electron chi connectivity index (χ0n) is 13.1. The van der Waals surface area contributed by atoms with Gasteiger partial charge in [0.25, 0.3) is 0 Å². The Kier molecular flexibility index (Phi) is 6.72. The minimum Gasteiger partial charge on any atom is -0.266 e. The topological polar surface area (TPSA) is 12.4 Å². The average Bonchev–Trinajstić information content (AvgIpc) is 2.37. The fraction of sp³-hybridized carbons (Fsp3) is 0.316. The summed E-state index contributed by atoms with van der Waals surface area (Å²) < 4.78 is 0. The van der Waals surface area contributed by atoms with E-state index >= 15 is 0 Å². The number of benzene rings is 1. The fourth-order valence-electron chi connectivity index (χ4n) is 1.97. The molecule has 0 saturated heterocycles. The molecule has 0 radical (unpaired) electrons. The SMILES string of the molecule is C=C/N=C(/C)C/C(=C\C=C/C(C)C)c1cccc(C)c1. The second kappa shape index (κ2) is 8.31. The molecule has 1 aromatic rings. The lowest BCUT2D eigenvalue weighted by Gasteiger charge is -2.08. The second-order valence-corrected chi connectivity index (χ2v) is 5.41. The van der Waals surface area contributed by atoms with Crippen molar-refractivity contribution in [3.8, 4) is 0 Å². The van der Waals surface area contributed by atoms with Crippen LogP contribution in [0.1, 0.15) is 38.3 Å². The largest absolute Gasteiger partial charge is 0.266 e. The van der Waals surface area contributed by atoms with Gasteiger partial charge in [0.1, 0.15) is 0 Å². The van der Waals surface area contributed by atoms with Crippen LogP contribution in [0.3, 0.4) is 0 Å². The van der Waals surface area contributed by atoms with E-state index in [9.17, 15) is 0 Å². The maximum absolute atomic E-state index is 4.27. The molecular weight excluding hydrogens is 242 g/mol. The molecule has 1 rings (SSSR count). The quantitative estimate of drug-likeness (QED) is 0.471. The first-order chi connectivity index (χ1) is 9.52. The molecule has 0 bridgehead atoms. The Hall–Kier alpha value is -1.89. The average molecular weight is 267 g/mol. The van der Waals surface area contributed by atoms with E-state index in [1.54, 1.807) is 6.20 Å². The first-order valence-corrected chi connectivity index (χ1v) is 7.11. The highest BCUT2D eigenvalue weighted by Crippen LogP contribution is 2.20. The summed E-state index contributed by atoms with van der Waals surface area (Å²) in [4.78, 5) is 4.27. The molecule has 1 heteroatoms. The summed E-state index contributed by atoms with van der Waals surface area (Å²) in [5, 5.41) is 0. The molecule has 0 heterocycles. The Bertz CT molecular complexity index is 530. The fourth-order valence-corrected chi connectivity index (χ4v) is 1.97. The van der Waals surface area contributed by atoms with E-state index in [1.807, 2.05) is 6.92 Å². The van der Waals surface area contributed by atoms with E-state index in [-0.39, 0.29) is 0 Å². The highest BCUT2D eigenvalue weighted by atomic mass is 14.7. The van der Waals surface area contributed by atoms with E-state index in [0.717, 1.165) is 12.1 Å². The standard InChI is InChI=1S/C19H25N/c1-6-20-17(5)14-19(11-7-9-15(2)3)18-12-8-10-16(4)13-18/h6-13,15H,1,14H2,2-5H3/b9-7-,19-11+,20-17-. The highest BCUT2D eigenvalue weighted by molar-refractivity contribution is 5.93. The van der Waals surface area contributed by atoms with Crippen LogP contribution in [0.25, 0.3) is 5.57 Å². The van der Waals surface area contributed by atoms with E-state index in [4.69, 9.17) is 0 Å². The van der Waals surface area contributed by atoms with Gasteiger partial charge in [0.05, 0.1) is 0 Å². The molecule has 20 heavy (non-hydrogen) atoms. The van der Waals surface area contributed by atoms with Gasteiger partial charge >= 0.3 is 0 Å². The van der Waals surface area contributed by atoms with Crippen molar-refractivity contribution in [2.45, 2.75) is 34.1 Å². The normalized spacial score (nSPS) is 13.2. The van der Waals surface area contributed by atoms with Crippen molar-refractivity contribution in [2.75, 3.05) is 0 Å². The number of aliphatic imine (C=N–C) groups is 1. The molecule has 0 atom stereocenters. The summed E-state index contributed by atoms with van der Waals surface area (Å²) in [5.74, 6) is 0.563. The number of aryl methyl sites for hydroxylation is 1. The number of rotatable bonds is 6. The molecule has 0 aliphatic carbocycles. The molecule has 0 aliphatic heterocycles. The van der Waals surface area contributed by atoms with Gasteiger partial charge in [-0.2, -0.15) is 0 Å². The van der Waals surface area contributed by atoms with Crippen LogP contribution < -0.4 is 0 Å². The summed E-state index contributed by atoms with van der Waals surface area (Å²) in [6.07, 6.45) is 8.99. The molecule has 1 aromatic carbocycles. The molecule has 0 fully saturated rings. The first kappa shape index (κ1) is 16.2. The van der Waals surface area contributed by atoms with Crippen LogP contribution >= 0.6 is 0 Å². The summed E-state index contributed by atoms with van der Waals surface area (Å²) in [6, 6.07) is 8.60. The van der Waals surface area contributed by atoms with Crippen molar-refractivity contribution in [3.05, 3.63) is 66.4 Å². The van der Waals surface area contributed by atoms with Gasteiger partial charge in [-0.3, -0.25) is 4.99 Å². The molecule has 0 spiro atoms. The first-order valence-electron chi connectivity index (χ1n) is 7.11.